The van der Waals surface area contributed by atoms with Gasteiger partial charge in [0, 0.05) is 6.54 Å². The minimum absolute atomic E-state index is 0.145. The average molecular weight is 443 g/mol. The highest BCUT2D eigenvalue weighted by Crippen LogP contribution is 2.28. The normalized spacial score (nSPS) is 13.7. The van der Waals surface area contributed by atoms with Gasteiger partial charge in [0.1, 0.15) is 12.1 Å². The number of halogens is 1. The number of fused-ring (bicyclic) bond motifs is 1. The van der Waals surface area contributed by atoms with Crippen molar-refractivity contribution in [2.75, 3.05) is 17.2 Å². The van der Waals surface area contributed by atoms with Crippen LogP contribution in [0.3, 0.4) is 0 Å². The Morgan fingerprint density at radius 3 is 2.48 bits per heavy atom. The van der Waals surface area contributed by atoms with E-state index in [0.29, 0.717) is 12.2 Å². The fourth-order valence-corrected chi connectivity index (χ4v) is 4.53. The molecule has 0 unspecified atom stereocenters. The van der Waals surface area contributed by atoms with Gasteiger partial charge in [-0.15, -0.1) is 0 Å². The Morgan fingerprint density at radius 1 is 1.03 bits per heavy atom. The Labute approximate surface area is 180 Å². The highest BCUT2D eigenvalue weighted by atomic mass is 32.2. The van der Waals surface area contributed by atoms with Crippen molar-refractivity contribution in [1.82, 2.24) is 20.3 Å². The summed E-state index contributed by atoms with van der Waals surface area (Å²) in [6, 6.07) is 9.84. The average Bonchev–Trinajstić information content (AvgIpc) is 2.75. The molecule has 0 amide bonds. The number of para-hydroxylation sites is 1. The van der Waals surface area contributed by atoms with Crippen LogP contribution in [0, 0.1) is 5.82 Å². The van der Waals surface area contributed by atoms with Crippen LogP contribution in [0.4, 0.5) is 27.7 Å². The van der Waals surface area contributed by atoms with Gasteiger partial charge in [-0.25, -0.2) is 22.8 Å². The SMILES string of the molecule is CC(C)S(=O)(=O)c1ccccc1Nc1ncnc(Nc2cc3c(cc2F)CNCC3)n1. The summed E-state index contributed by atoms with van der Waals surface area (Å²) in [6.45, 7) is 4.74. The van der Waals surface area contributed by atoms with Crippen molar-refractivity contribution in [3.63, 3.8) is 0 Å². The number of benzene rings is 2. The summed E-state index contributed by atoms with van der Waals surface area (Å²) in [4.78, 5) is 12.6. The van der Waals surface area contributed by atoms with Crippen LogP contribution >= 0.6 is 0 Å². The lowest BCUT2D eigenvalue weighted by atomic mass is 10.00. The van der Waals surface area contributed by atoms with Crippen molar-refractivity contribution in [1.29, 1.82) is 0 Å². The van der Waals surface area contributed by atoms with E-state index in [1.54, 1.807) is 38.1 Å². The van der Waals surface area contributed by atoms with Crippen molar-refractivity contribution < 1.29 is 12.8 Å². The monoisotopic (exact) mass is 442 g/mol. The Morgan fingerprint density at radius 2 is 1.74 bits per heavy atom. The minimum atomic E-state index is -3.50. The van der Waals surface area contributed by atoms with Gasteiger partial charge in [-0.05, 0) is 62.2 Å². The molecule has 1 aliphatic heterocycles. The van der Waals surface area contributed by atoms with E-state index in [-0.39, 0.29) is 22.5 Å². The Bertz CT molecular complexity index is 1220. The van der Waals surface area contributed by atoms with E-state index in [4.69, 9.17) is 0 Å². The van der Waals surface area contributed by atoms with Crippen LogP contribution in [-0.2, 0) is 22.8 Å². The predicted molar refractivity (Wildman–Crippen MR) is 117 cm³/mol. The van der Waals surface area contributed by atoms with Gasteiger partial charge in [0.25, 0.3) is 0 Å². The van der Waals surface area contributed by atoms with Crippen LogP contribution in [0.5, 0.6) is 0 Å². The first-order valence-electron chi connectivity index (χ1n) is 9.92. The lowest BCUT2D eigenvalue weighted by molar-refractivity contribution is 0.587. The number of nitrogens with zero attached hydrogens (tertiary/aromatic N) is 3. The molecule has 3 N–H and O–H groups in total. The van der Waals surface area contributed by atoms with Gasteiger partial charge in [-0.2, -0.15) is 4.98 Å². The molecule has 0 radical (unpaired) electrons. The molecule has 1 aromatic heterocycles. The van der Waals surface area contributed by atoms with Crippen molar-refractivity contribution >= 4 is 33.1 Å². The molecule has 0 fully saturated rings. The molecule has 0 aliphatic carbocycles. The molecular formula is C21H23FN6O2S. The van der Waals surface area contributed by atoms with Crippen LogP contribution in [0.2, 0.25) is 0 Å². The molecule has 0 spiro atoms. The van der Waals surface area contributed by atoms with Gasteiger partial charge < -0.3 is 16.0 Å². The molecule has 8 nitrogen and oxygen atoms in total. The molecule has 10 heteroatoms. The zero-order chi connectivity index (χ0) is 22.0. The fourth-order valence-electron chi connectivity index (χ4n) is 3.33. The van der Waals surface area contributed by atoms with Gasteiger partial charge in [0.15, 0.2) is 9.84 Å². The third-order valence-corrected chi connectivity index (χ3v) is 7.27. The largest absolute Gasteiger partial charge is 0.323 e. The van der Waals surface area contributed by atoms with Crippen molar-refractivity contribution in [2.45, 2.75) is 37.0 Å². The summed E-state index contributed by atoms with van der Waals surface area (Å²) in [5.74, 6) is -0.105. The molecule has 0 atom stereocenters. The molecule has 3 aromatic rings. The number of hydrogen-bond donors (Lipinski definition) is 3. The second-order valence-corrected chi connectivity index (χ2v) is 9.97. The highest BCUT2D eigenvalue weighted by molar-refractivity contribution is 7.92. The summed E-state index contributed by atoms with van der Waals surface area (Å²) in [5.41, 5.74) is 2.65. The van der Waals surface area contributed by atoms with Crippen LogP contribution in [0.15, 0.2) is 47.6 Å². The first kappa shape index (κ1) is 21.1. The molecule has 0 saturated carbocycles. The molecular weight excluding hydrogens is 419 g/mol. The van der Waals surface area contributed by atoms with Crippen LogP contribution in [0.1, 0.15) is 25.0 Å². The van der Waals surface area contributed by atoms with Gasteiger partial charge >= 0.3 is 0 Å². The Balaban J connectivity index is 1.60. The van der Waals surface area contributed by atoms with E-state index >= 15 is 0 Å². The Hall–Kier alpha value is -3.11. The van der Waals surface area contributed by atoms with E-state index in [9.17, 15) is 12.8 Å². The number of nitrogens with one attached hydrogen (secondary N) is 3. The van der Waals surface area contributed by atoms with Crippen molar-refractivity contribution in [3.05, 3.63) is 59.7 Å². The molecule has 4 rings (SSSR count). The molecule has 0 bridgehead atoms. The molecule has 0 saturated heterocycles. The number of anilines is 4. The zero-order valence-electron chi connectivity index (χ0n) is 17.2. The van der Waals surface area contributed by atoms with Crippen LogP contribution in [-0.4, -0.2) is 35.2 Å². The summed E-state index contributed by atoms with van der Waals surface area (Å²) in [5, 5.41) is 8.48. The maximum atomic E-state index is 14.5. The summed E-state index contributed by atoms with van der Waals surface area (Å²) >= 11 is 0. The molecule has 31 heavy (non-hydrogen) atoms. The van der Waals surface area contributed by atoms with Gasteiger partial charge in [0.05, 0.1) is 21.5 Å². The van der Waals surface area contributed by atoms with E-state index in [1.807, 2.05) is 0 Å². The third kappa shape index (κ3) is 4.49. The molecule has 1 aliphatic rings. The minimum Gasteiger partial charge on any atom is -0.323 e. The number of sulfone groups is 1. The van der Waals surface area contributed by atoms with E-state index in [1.165, 1.54) is 18.5 Å². The Kier molecular flexibility index (Phi) is 5.84. The summed E-state index contributed by atoms with van der Waals surface area (Å²) < 4.78 is 39.8. The quantitative estimate of drug-likeness (QED) is 0.533. The summed E-state index contributed by atoms with van der Waals surface area (Å²) in [7, 11) is -3.50. The molecule has 2 heterocycles. The van der Waals surface area contributed by atoms with Gasteiger partial charge in [-0.1, -0.05) is 12.1 Å². The van der Waals surface area contributed by atoms with E-state index in [2.05, 4.69) is 30.9 Å². The molecule has 162 valence electrons. The predicted octanol–water partition coefficient (Wildman–Crippen LogP) is 3.33. The maximum absolute atomic E-state index is 14.5. The second kappa shape index (κ2) is 8.56. The van der Waals surface area contributed by atoms with E-state index < -0.39 is 20.9 Å². The summed E-state index contributed by atoms with van der Waals surface area (Å²) in [6.07, 6.45) is 2.09. The van der Waals surface area contributed by atoms with Gasteiger partial charge in [-0.3, -0.25) is 0 Å². The first-order chi connectivity index (χ1) is 14.8. The maximum Gasteiger partial charge on any atom is 0.232 e. The smallest absolute Gasteiger partial charge is 0.232 e. The van der Waals surface area contributed by atoms with Crippen molar-refractivity contribution in [3.8, 4) is 0 Å². The zero-order valence-corrected chi connectivity index (χ0v) is 18.0. The first-order valence-corrected chi connectivity index (χ1v) is 11.5. The van der Waals surface area contributed by atoms with Crippen LogP contribution < -0.4 is 16.0 Å². The number of hydrogen-bond acceptors (Lipinski definition) is 8. The van der Waals surface area contributed by atoms with Gasteiger partial charge in [0.2, 0.25) is 11.9 Å². The lowest BCUT2D eigenvalue weighted by Gasteiger charge is -2.19. The van der Waals surface area contributed by atoms with Crippen LogP contribution in [0.25, 0.3) is 0 Å². The standard InChI is InChI=1S/C21H23FN6O2S/c1-13(2)31(29,30)19-6-4-3-5-17(19)26-20-24-12-25-21(28-20)27-18-10-14-7-8-23-11-15(14)9-16(18)22/h3-6,9-10,12-13,23H,7-8,11H2,1-2H3,(H2,24,25,26,27,28). The molecule has 2 aromatic carbocycles. The topological polar surface area (TPSA) is 109 Å². The fraction of sp³-hybridized carbons (Fsp3) is 0.286. The lowest BCUT2D eigenvalue weighted by Crippen LogP contribution is -2.23. The van der Waals surface area contributed by atoms with Crippen molar-refractivity contribution in [2.24, 2.45) is 0 Å². The third-order valence-electron chi connectivity index (χ3n) is 5.05. The number of aromatic nitrogens is 3. The number of rotatable bonds is 6. The van der Waals surface area contributed by atoms with E-state index in [0.717, 1.165) is 24.1 Å². The highest BCUT2D eigenvalue weighted by Gasteiger charge is 2.23. The second-order valence-electron chi connectivity index (χ2n) is 7.50.